The van der Waals surface area contributed by atoms with Crippen molar-refractivity contribution in [2.45, 2.75) is 59.8 Å². The van der Waals surface area contributed by atoms with Gasteiger partial charge in [0, 0.05) is 41.0 Å². The van der Waals surface area contributed by atoms with E-state index in [1.807, 2.05) is 36.8 Å². The fraction of sp³-hybridized carbons (Fsp3) is 0.360. The van der Waals surface area contributed by atoms with E-state index >= 15 is 0 Å². The first-order valence-electron chi connectivity index (χ1n) is 9.58. The molecule has 4 heteroatoms. The Balaban J connectivity index is 0.000000200. The van der Waals surface area contributed by atoms with Crippen molar-refractivity contribution >= 4 is 21.9 Å². The quantitative estimate of drug-likeness (QED) is 0.345. The Morgan fingerprint density at radius 1 is 0.586 bits per heavy atom. The molecule has 0 saturated heterocycles. The van der Waals surface area contributed by atoms with Gasteiger partial charge in [0.2, 0.25) is 0 Å². The summed E-state index contributed by atoms with van der Waals surface area (Å²) in [6.45, 7) is 13.1. The average Bonchev–Trinajstić information content (AvgIpc) is 2.66. The molecule has 0 unspecified atom stereocenters. The van der Waals surface area contributed by atoms with Crippen LogP contribution in [-0.4, -0.2) is 19.9 Å². The zero-order chi connectivity index (χ0) is 20.4. The molecule has 0 bridgehead atoms. The Bertz CT molecular complexity index is 989. The lowest BCUT2D eigenvalue weighted by Gasteiger charge is -2.20. The normalized spacial score (nSPS) is 11.5. The van der Waals surface area contributed by atoms with Crippen LogP contribution in [0.15, 0.2) is 61.2 Å². The molecule has 0 radical (unpaired) electrons. The van der Waals surface area contributed by atoms with Gasteiger partial charge >= 0.3 is 0 Å². The van der Waals surface area contributed by atoms with Crippen LogP contribution in [0.2, 0.25) is 0 Å². The summed E-state index contributed by atoms with van der Waals surface area (Å²) in [6, 6.07) is 12.1. The molecule has 0 aromatic carbocycles. The molecule has 4 heterocycles. The highest BCUT2D eigenvalue weighted by Crippen LogP contribution is 2.28. The molecule has 4 rings (SSSR count). The second kappa shape index (κ2) is 8.64. The minimum atomic E-state index is 0. The van der Waals surface area contributed by atoms with Gasteiger partial charge in [0.25, 0.3) is 0 Å². The molecule has 4 nitrogen and oxygen atoms in total. The predicted molar refractivity (Wildman–Crippen MR) is 123 cm³/mol. The van der Waals surface area contributed by atoms with E-state index < -0.39 is 0 Å². The third-order valence-electron chi connectivity index (χ3n) is 4.56. The topological polar surface area (TPSA) is 51.6 Å². The third kappa shape index (κ3) is 5.14. The van der Waals surface area contributed by atoms with Gasteiger partial charge in [-0.25, -0.2) is 9.97 Å². The van der Waals surface area contributed by atoms with E-state index in [9.17, 15) is 0 Å². The van der Waals surface area contributed by atoms with Crippen molar-refractivity contribution in [2.75, 3.05) is 0 Å². The van der Waals surface area contributed by atoms with Gasteiger partial charge in [-0.2, -0.15) is 0 Å². The van der Waals surface area contributed by atoms with Crippen LogP contribution in [0.5, 0.6) is 0 Å². The summed E-state index contributed by atoms with van der Waals surface area (Å²) in [5.74, 6) is 0. The van der Waals surface area contributed by atoms with E-state index in [0.717, 1.165) is 27.6 Å². The van der Waals surface area contributed by atoms with Crippen LogP contribution < -0.4 is 0 Å². The number of rotatable bonds is 0. The summed E-state index contributed by atoms with van der Waals surface area (Å²) in [5.41, 5.74) is 4.48. The minimum Gasteiger partial charge on any atom is -0.260 e. The fourth-order valence-electron chi connectivity index (χ4n) is 3.24. The molecule has 0 saturated carbocycles. The Labute approximate surface area is 174 Å². The zero-order valence-corrected chi connectivity index (χ0v) is 17.6. The van der Waals surface area contributed by atoms with Crippen LogP contribution in [0.4, 0.5) is 0 Å². The van der Waals surface area contributed by atoms with E-state index in [2.05, 4.69) is 79.7 Å². The maximum Gasteiger partial charge on any atom is 0.159 e. The molecule has 0 aliphatic carbocycles. The van der Waals surface area contributed by atoms with E-state index in [1.165, 1.54) is 5.56 Å². The Morgan fingerprint density at radius 2 is 1.17 bits per heavy atom. The molecule has 0 N–H and O–H groups in total. The molecule has 4 aromatic rings. The summed E-state index contributed by atoms with van der Waals surface area (Å²) >= 11 is 0. The summed E-state index contributed by atoms with van der Waals surface area (Å²) in [7, 11) is 0. The van der Waals surface area contributed by atoms with Gasteiger partial charge in [-0.3, -0.25) is 9.97 Å². The third-order valence-corrected chi connectivity index (χ3v) is 4.56. The second-order valence-electron chi connectivity index (χ2n) is 8.96. The van der Waals surface area contributed by atoms with Crippen molar-refractivity contribution in [1.82, 2.24) is 19.9 Å². The molecule has 0 aliphatic heterocycles. The lowest BCUT2D eigenvalue weighted by atomic mass is 9.85. The highest BCUT2D eigenvalue weighted by atomic mass is 14.8. The van der Waals surface area contributed by atoms with Crippen LogP contribution in [0.25, 0.3) is 21.9 Å². The molecule has 0 aliphatic rings. The van der Waals surface area contributed by atoms with Gasteiger partial charge in [-0.05, 0) is 47.4 Å². The number of hydrogen-bond acceptors (Lipinski definition) is 4. The standard InChI is InChI=1S/2C12H14N2.CH4/c1-12(2,3)11-9-5-4-7-13-10(9)6-8-14-11;1-12(2,3)10-6-8-14-11-9(10)5-4-7-13-11;/h2*4-8H,1-3H3;1H4. The highest BCUT2D eigenvalue weighted by molar-refractivity contribution is 5.81. The monoisotopic (exact) mass is 388 g/mol. The lowest BCUT2D eigenvalue weighted by molar-refractivity contribution is 0.575. The van der Waals surface area contributed by atoms with E-state index in [4.69, 9.17) is 0 Å². The van der Waals surface area contributed by atoms with Crippen molar-refractivity contribution in [2.24, 2.45) is 0 Å². The van der Waals surface area contributed by atoms with Crippen LogP contribution in [-0.2, 0) is 10.8 Å². The number of nitrogens with zero attached hydrogens (tertiary/aromatic N) is 4. The van der Waals surface area contributed by atoms with Crippen LogP contribution >= 0.6 is 0 Å². The molecular weight excluding hydrogens is 356 g/mol. The number of hydrogen-bond donors (Lipinski definition) is 0. The molecule has 29 heavy (non-hydrogen) atoms. The molecule has 152 valence electrons. The maximum atomic E-state index is 4.44. The first-order chi connectivity index (χ1) is 13.2. The number of fused-ring (bicyclic) bond motifs is 2. The van der Waals surface area contributed by atoms with E-state index in [-0.39, 0.29) is 18.3 Å². The molecule has 0 spiro atoms. The smallest absolute Gasteiger partial charge is 0.159 e. The van der Waals surface area contributed by atoms with Gasteiger partial charge in [-0.15, -0.1) is 0 Å². The van der Waals surface area contributed by atoms with Crippen LogP contribution in [0, 0.1) is 0 Å². The summed E-state index contributed by atoms with van der Waals surface area (Å²) in [6.07, 6.45) is 7.25. The predicted octanol–water partition coefficient (Wildman–Crippen LogP) is 6.49. The van der Waals surface area contributed by atoms with Crippen molar-refractivity contribution in [3.63, 3.8) is 0 Å². The summed E-state index contributed by atoms with van der Waals surface area (Å²) in [4.78, 5) is 17.2. The minimum absolute atomic E-state index is 0. The molecular formula is C25H32N4. The Kier molecular flexibility index (Phi) is 6.68. The summed E-state index contributed by atoms with van der Waals surface area (Å²) < 4.78 is 0. The zero-order valence-electron chi connectivity index (χ0n) is 17.6. The molecule has 0 fully saturated rings. The van der Waals surface area contributed by atoms with Gasteiger partial charge in [0.05, 0.1) is 11.2 Å². The van der Waals surface area contributed by atoms with Gasteiger partial charge < -0.3 is 0 Å². The summed E-state index contributed by atoms with van der Waals surface area (Å²) in [5, 5.41) is 2.31. The number of aromatic nitrogens is 4. The van der Waals surface area contributed by atoms with E-state index in [1.54, 1.807) is 6.20 Å². The molecule has 0 atom stereocenters. The first kappa shape index (κ1) is 22.4. The number of pyridine rings is 4. The molecule has 0 amide bonds. The van der Waals surface area contributed by atoms with E-state index in [0.29, 0.717) is 0 Å². The van der Waals surface area contributed by atoms with Crippen LogP contribution in [0.1, 0.15) is 60.2 Å². The fourth-order valence-corrected chi connectivity index (χ4v) is 3.24. The Morgan fingerprint density at radius 3 is 1.83 bits per heavy atom. The highest BCUT2D eigenvalue weighted by Gasteiger charge is 2.18. The second-order valence-corrected chi connectivity index (χ2v) is 8.96. The largest absolute Gasteiger partial charge is 0.260 e. The average molecular weight is 389 g/mol. The molecule has 4 aromatic heterocycles. The van der Waals surface area contributed by atoms with Crippen molar-refractivity contribution < 1.29 is 0 Å². The first-order valence-corrected chi connectivity index (χ1v) is 9.58. The Hall–Kier alpha value is -2.88. The van der Waals surface area contributed by atoms with Gasteiger partial charge in [0.15, 0.2) is 5.65 Å². The lowest BCUT2D eigenvalue weighted by Crippen LogP contribution is -2.13. The van der Waals surface area contributed by atoms with Crippen LogP contribution in [0.3, 0.4) is 0 Å². The van der Waals surface area contributed by atoms with Gasteiger partial charge in [-0.1, -0.05) is 49.0 Å². The SMILES string of the molecule is C.CC(C)(C)c1ccnc2ncccc12.CC(C)(C)c1nccc2ncccc12. The maximum absolute atomic E-state index is 4.44. The van der Waals surface area contributed by atoms with Crippen molar-refractivity contribution in [3.05, 3.63) is 72.4 Å². The van der Waals surface area contributed by atoms with Crippen molar-refractivity contribution in [1.29, 1.82) is 0 Å². The van der Waals surface area contributed by atoms with Gasteiger partial charge in [0.1, 0.15) is 0 Å². The van der Waals surface area contributed by atoms with Crippen molar-refractivity contribution in [3.8, 4) is 0 Å².